The number of nitrogens with one attached hydrogen (secondary N) is 3. The lowest BCUT2D eigenvalue weighted by atomic mass is 10.1. The second-order valence-corrected chi connectivity index (χ2v) is 9.00. The number of hydrogen-bond donors (Lipinski definition) is 4. The molecule has 0 aliphatic rings. The summed E-state index contributed by atoms with van der Waals surface area (Å²) < 4.78 is 32.6. The summed E-state index contributed by atoms with van der Waals surface area (Å²) in [5.74, 6) is -1.17. The largest absolute Gasteiger partial charge is 0.447 e. The van der Waals surface area contributed by atoms with Crippen molar-refractivity contribution < 1.29 is 27.9 Å². The van der Waals surface area contributed by atoms with Gasteiger partial charge in [-0.05, 0) is 54.1 Å². The molecule has 10 nitrogen and oxygen atoms in total. The van der Waals surface area contributed by atoms with E-state index in [0.717, 1.165) is 0 Å². The molecular formula is C26H29ClF2N6O4. The summed E-state index contributed by atoms with van der Waals surface area (Å²) >= 11 is 5.96. The van der Waals surface area contributed by atoms with E-state index in [1.54, 1.807) is 12.1 Å². The summed E-state index contributed by atoms with van der Waals surface area (Å²) in [7, 11) is 1.52. The summed E-state index contributed by atoms with van der Waals surface area (Å²) in [6, 6.07) is 8.92. The third-order valence-electron chi connectivity index (χ3n) is 5.87. The Hall–Kier alpha value is -4.03. The van der Waals surface area contributed by atoms with Crippen LogP contribution in [0.25, 0.3) is 10.8 Å². The fourth-order valence-corrected chi connectivity index (χ4v) is 3.86. The molecule has 1 aromatic heterocycles. The lowest BCUT2D eigenvalue weighted by Crippen LogP contribution is -2.46. The summed E-state index contributed by atoms with van der Waals surface area (Å²) in [4.78, 5) is 42.2. The second-order valence-electron chi connectivity index (χ2n) is 8.62. The van der Waals surface area contributed by atoms with Gasteiger partial charge in [0.05, 0.1) is 17.6 Å². The third kappa shape index (κ3) is 8.76. The van der Waals surface area contributed by atoms with Gasteiger partial charge in [-0.3, -0.25) is 10.1 Å². The van der Waals surface area contributed by atoms with Crippen molar-refractivity contribution in [2.45, 2.75) is 25.4 Å². The van der Waals surface area contributed by atoms with E-state index in [4.69, 9.17) is 22.1 Å². The van der Waals surface area contributed by atoms with Crippen LogP contribution in [-0.4, -0.2) is 60.7 Å². The van der Waals surface area contributed by atoms with E-state index in [-0.39, 0.29) is 36.4 Å². The number of pyridine rings is 1. The van der Waals surface area contributed by atoms with Gasteiger partial charge in [-0.25, -0.2) is 23.4 Å². The van der Waals surface area contributed by atoms with Gasteiger partial charge in [0.25, 0.3) is 0 Å². The van der Waals surface area contributed by atoms with Crippen molar-refractivity contribution >= 4 is 46.2 Å². The van der Waals surface area contributed by atoms with Crippen LogP contribution in [0.5, 0.6) is 0 Å². The molecule has 0 radical (unpaired) electrons. The highest BCUT2D eigenvalue weighted by Crippen LogP contribution is 2.20. The van der Waals surface area contributed by atoms with Gasteiger partial charge in [0.2, 0.25) is 5.91 Å². The smallest absolute Gasteiger partial charge is 0.412 e. The van der Waals surface area contributed by atoms with Gasteiger partial charge in [0.1, 0.15) is 24.1 Å². The lowest BCUT2D eigenvalue weighted by molar-refractivity contribution is -0.119. The van der Waals surface area contributed by atoms with E-state index in [1.807, 2.05) is 0 Å². The van der Waals surface area contributed by atoms with Gasteiger partial charge < -0.3 is 26.0 Å². The Balaban J connectivity index is 1.60. The first-order valence-corrected chi connectivity index (χ1v) is 12.4. The molecule has 13 heteroatoms. The number of ether oxygens (including phenoxy) is 1. The lowest BCUT2D eigenvalue weighted by Gasteiger charge is -2.28. The van der Waals surface area contributed by atoms with Gasteiger partial charge in [0, 0.05) is 31.7 Å². The molecule has 1 heterocycles. The van der Waals surface area contributed by atoms with Crippen molar-refractivity contribution in [1.29, 1.82) is 0 Å². The van der Waals surface area contributed by atoms with Crippen LogP contribution in [0, 0.1) is 11.6 Å². The van der Waals surface area contributed by atoms with Crippen LogP contribution < -0.4 is 21.7 Å². The van der Waals surface area contributed by atoms with Crippen LogP contribution in [0.2, 0.25) is 5.02 Å². The number of hydrogen-bond acceptors (Lipinski definition) is 6. The van der Waals surface area contributed by atoms with Gasteiger partial charge in [0.15, 0.2) is 0 Å². The van der Waals surface area contributed by atoms with E-state index >= 15 is 0 Å². The van der Waals surface area contributed by atoms with Crippen molar-refractivity contribution in [3.8, 4) is 0 Å². The van der Waals surface area contributed by atoms with E-state index in [9.17, 15) is 23.2 Å². The van der Waals surface area contributed by atoms with Crippen molar-refractivity contribution in [3.63, 3.8) is 0 Å². The first-order chi connectivity index (χ1) is 18.7. The Labute approximate surface area is 228 Å². The van der Waals surface area contributed by atoms with E-state index < -0.39 is 29.8 Å². The molecule has 5 N–H and O–H groups in total. The van der Waals surface area contributed by atoms with Gasteiger partial charge in [-0.1, -0.05) is 23.7 Å². The van der Waals surface area contributed by atoms with Gasteiger partial charge >= 0.3 is 12.1 Å². The zero-order valence-corrected chi connectivity index (χ0v) is 21.9. The predicted molar refractivity (Wildman–Crippen MR) is 143 cm³/mol. The molecule has 3 aromatic rings. The van der Waals surface area contributed by atoms with Crippen molar-refractivity contribution in [3.05, 3.63) is 70.9 Å². The molecule has 0 bridgehead atoms. The maximum atomic E-state index is 13.7. The Morgan fingerprint density at radius 3 is 2.69 bits per heavy atom. The second kappa shape index (κ2) is 14.2. The summed E-state index contributed by atoms with van der Waals surface area (Å²) in [5, 5.41) is 8.96. The number of urea groups is 1. The maximum Gasteiger partial charge on any atom is 0.412 e. The van der Waals surface area contributed by atoms with Gasteiger partial charge in [-0.15, -0.1) is 0 Å². The number of aromatic nitrogens is 1. The monoisotopic (exact) mass is 562 g/mol. The normalized spacial score (nSPS) is 11.5. The van der Waals surface area contributed by atoms with E-state index in [1.165, 1.54) is 48.5 Å². The Morgan fingerprint density at radius 1 is 1.13 bits per heavy atom. The molecule has 0 saturated carbocycles. The predicted octanol–water partition coefficient (Wildman–Crippen LogP) is 3.78. The van der Waals surface area contributed by atoms with Crippen LogP contribution in [0.4, 0.5) is 24.2 Å². The molecule has 0 unspecified atom stereocenters. The summed E-state index contributed by atoms with van der Waals surface area (Å²) in [6.07, 6.45) is 1.51. The zero-order valence-electron chi connectivity index (χ0n) is 21.2. The minimum absolute atomic E-state index is 0.0192. The third-order valence-corrected chi connectivity index (χ3v) is 6.30. The number of nitrogens with two attached hydrogens (primary N) is 1. The molecule has 0 aliphatic carbocycles. The molecule has 2 aromatic carbocycles. The number of benzene rings is 2. The minimum atomic E-state index is -0.819. The topological polar surface area (TPSA) is 139 Å². The van der Waals surface area contributed by atoms with Crippen molar-refractivity contribution in [2.24, 2.45) is 5.73 Å². The molecule has 0 fully saturated rings. The molecule has 0 spiro atoms. The SMILES string of the molecule is CN(C(=O)NCc1cccc(F)c1Cl)[C@H](CCCNC(=O)CN)COC(=O)Nc1cc2cc(F)ccc2cn1. The highest BCUT2D eigenvalue weighted by molar-refractivity contribution is 6.31. The standard InChI is InChI=1S/C26H29ClF2N6O4/c1-35(25(37)33-14-17-4-2-6-21(29)24(17)27)20(5-3-9-31-23(36)12-30)15-39-26(38)34-22-11-18-10-19(28)8-7-16(18)13-32-22/h2,4,6-8,10-11,13,20H,3,5,9,12,14-15,30H2,1H3,(H,31,36)(H,33,37)(H,32,34,38)/t20-/m1/s1. The average Bonchev–Trinajstić information content (AvgIpc) is 2.92. The highest BCUT2D eigenvalue weighted by Gasteiger charge is 2.22. The number of likely N-dealkylation sites (N-methyl/N-ethyl adjacent to an activating group) is 1. The van der Waals surface area contributed by atoms with Crippen LogP contribution in [-0.2, 0) is 16.1 Å². The molecule has 39 heavy (non-hydrogen) atoms. The number of carbonyl (C=O) groups is 3. The van der Waals surface area contributed by atoms with E-state index in [0.29, 0.717) is 35.7 Å². The first-order valence-electron chi connectivity index (χ1n) is 12.1. The maximum absolute atomic E-state index is 13.7. The fraction of sp³-hybridized carbons (Fsp3) is 0.308. The Kier molecular flexibility index (Phi) is 10.8. The molecule has 0 aliphatic heterocycles. The summed E-state index contributed by atoms with van der Waals surface area (Å²) in [5.41, 5.74) is 5.69. The molecule has 208 valence electrons. The number of rotatable bonds is 11. The number of amides is 4. The number of carbonyl (C=O) groups excluding carboxylic acids is 3. The van der Waals surface area contributed by atoms with Crippen LogP contribution in [0.3, 0.4) is 0 Å². The number of fused-ring (bicyclic) bond motifs is 1. The number of nitrogens with zero attached hydrogens (tertiary/aromatic N) is 2. The zero-order chi connectivity index (χ0) is 28.4. The quantitative estimate of drug-likeness (QED) is 0.262. The molecule has 1 atom stereocenters. The molecule has 4 amide bonds. The molecule has 0 saturated heterocycles. The highest BCUT2D eigenvalue weighted by atomic mass is 35.5. The number of anilines is 1. The molecule has 3 rings (SSSR count). The van der Waals surface area contributed by atoms with Crippen LogP contribution in [0.15, 0.2) is 48.7 Å². The van der Waals surface area contributed by atoms with Crippen molar-refractivity contribution in [2.75, 3.05) is 32.1 Å². The Morgan fingerprint density at radius 2 is 1.92 bits per heavy atom. The fourth-order valence-electron chi connectivity index (χ4n) is 3.67. The van der Waals surface area contributed by atoms with Crippen LogP contribution >= 0.6 is 11.6 Å². The number of halogens is 3. The van der Waals surface area contributed by atoms with Crippen molar-refractivity contribution in [1.82, 2.24) is 20.5 Å². The Bertz CT molecular complexity index is 1330. The molecular weight excluding hydrogens is 534 g/mol. The van der Waals surface area contributed by atoms with E-state index in [2.05, 4.69) is 20.9 Å². The van der Waals surface area contributed by atoms with Crippen LogP contribution in [0.1, 0.15) is 18.4 Å². The minimum Gasteiger partial charge on any atom is -0.447 e. The first kappa shape index (κ1) is 29.5. The summed E-state index contributed by atoms with van der Waals surface area (Å²) in [6.45, 7) is -0.0318. The van der Waals surface area contributed by atoms with Gasteiger partial charge in [-0.2, -0.15) is 0 Å². The average molecular weight is 563 g/mol.